The van der Waals surface area contributed by atoms with E-state index in [9.17, 15) is 9.50 Å². The zero-order valence-corrected chi connectivity index (χ0v) is 9.99. The van der Waals surface area contributed by atoms with Crippen LogP contribution in [0.25, 0.3) is 10.9 Å². The van der Waals surface area contributed by atoms with Gasteiger partial charge >= 0.3 is 0 Å². The lowest BCUT2D eigenvalue weighted by Gasteiger charge is -2.13. The summed E-state index contributed by atoms with van der Waals surface area (Å²) >= 11 is 0. The van der Waals surface area contributed by atoms with Crippen LogP contribution in [-0.4, -0.2) is 15.1 Å². The first-order valence-electron chi connectivity index (χ1n) is 5.89. The molecule has 0 amide bonds. The van der Waals surface area contributed by atoms with Crippen molar-refractivity contribution in [2.24, 2.45) is 0 Å². The maximum absolute atomic E-state index is 13.7. The Hall–Kier alpha value is -2.33. The number of para-hydroxylation sites is 1. The van der Waals surface area contributed by atoms with E-state index in [1.165, 1.54) is 18.3 Å². The van der Waals surface area contributed by atoms with Gasteiger partial charge in [-0.1, -0.05) is 24.3 Å². The topological polar surface area (TPSA) is 46.0 Å². The maximum atomic E-state index is 13.7. The number of pyridine rings is 2. The Kier molecular flexibility index (Phi) is 2.93. The van der Waals surface area contributed by atoms with Crippen LogP contribution in [0.3, 0.4) is 0 Å². The standard InChI is InChI=1S/C15H11FN2O/c16-12-7-3-9-18-14(12)15(19)11-6-1-4-10-5-2-8-17-13(10)11/h1-9,15,19H. The number of hydrogen-bond acceptors (Lipinski definition) is 3. The molecule has 1 unspecified atom stereocenters. The number of rotatable bonds is 2. The van der Waals surface area contributed by atoms with Crippen LogP contribution in [-0.2, 0) is 0 Å². The Morgan fingerprint density at radius 2 is 1.68 bits per heavy atom. The molecule has 0 radical (unpaired) electrons. The normalized spacial score (nSPS) is 12.5. The van der Waals surface area contributed by atoms with Gasteiger partial charge in [-0.15, -0.1) is 0 Å². The Morgan fingerprint density at radius 1 is 0.947 bits per heavy atom. The predicted octanol–water partition coefficient (Wildman–Crippen LogP) is 2.85. The lowest BCUT2D eigenvalue weighted by Crippen LogP contribution is -2.06. The largest absolute Gasteiger partial charge is 0.382 e. The van der Waals surface area contributed by atoms with Gasteiger partial charge in [-0.05, 0) is 18.2 Å². The van der Waals surface area contributed by atoms with Crippen molar-refractivity contribution in [1.82, 2.24) is 9.97 Å². The number of hydrogen-bond donors (Lipinski definition) is 1. The molecular weight excluding hydrogens is 243 g/mol. The predicted molar refractivity (Wildman–Crippen MR) is 70.0 cm³/mol. The summed E-state index contributed by atoms with van der Waals surface area (Å²) in [6.45, 7) is 0. The van der Waals surface area contributed by atoms with Crippen molar-refractivity contribution >= 4 is 10.9 Å². The van der Waals surface area contributed by atoms with Crippen molar-refractivity contribution in [2.75, 3.05) is 0 Å². The van der Waals surface area contributed by atoms with Crippen LogP contribution in [0.4, 0.5) is 4.39 Å². The van der Waals surface area contributed by atoms with Gasteiger partial charge in [0.2, 0.25) is 0 Å². The fraction of sp³-hybridized carbons (Fsp3) is 0.0667. The van der Waals surface area contributed by atoms with Crippen LogP contribution >= 0.6 is 0 Å². The molecule has 1 aromatic carbocycles. The van der Waals surface area contributed by atoms with E-state index < -0.39 is 11.9 Å². The second-order valence-corrected chi connectivity index (χ2v) is 4.20. The van der Waals surface area contributed by atoms with E-state index in [1.54, 1.807) is 12.3 Å². The van der Waals surface area contributed by atoms with E-state index in [0.29, 0.717) is 11.1 Å². The lowest BCUT2D eigenvalue weighted by atomic mass is 10.0. The minimum atomic E-state index is -1.13. The Balaban J connectivity index is 2.17. The molecule has 3 aromatic rings. The van der Waals surface area contributed by atoms with Gasteiger partial charge in [-0.3, -0.25) is 9.97 Å². The molecule has 3 nitrogen and oxygen atoms in total. The molecule has 0 aliphatic rings. The number of fused-ring (bicyclic) bond motifs is 1. The van der Waals surface area contributed by atoms with Crippen molar-refractivity contribution in [3.8, 4) is 0 Å². The molecular formula is C15H11FN2O. The average Bonchev–Trinajstić information content (AvgIpc) is 2.46. The van der Waals surface area contributed by atoms with Gasteiger partial charge in [0.15, 0.2) is 0 Å². The number of aromatic nitrogens is 2. The summed E-state index contributed by atoms with van der Waals surface area (Å²) in [4.78, 5) is 8.16. The van der Waals surface area contributed by atoms with E-state index in [-0.39, 0.29) is 5.69 Å². The summed E-state index contributed by atoms with van der Waals surface area (Å²) in [6, 6.07) is 11.9. The van der Waals surface area contributed by atoms with E-state index in [2.05, 4.69) is 9.97 Å². The molecule has 94 valence electrons. The monoisotopic (exact) mass is 254 g/mol. The van der Waals surface area contributed by atoms with E-state index in [0.717, 1.165) is 5.39 Å². The average molecular weight is 254 g/mol. The van der Waals surface area contributed by atoms with Crippen molar-refractivity contribution in [3.63, 3.8) is 0 Å². The zero-order chi connectivity index (χ0) is 13.2. The molecule has 2 aromatic heterocycles. The summed E-state index contributed by atoms with van der Waals surface area (Å²) in [5, 5.41) is 11.2. The summed E-state index contributed by atoms with van der Waals surface area (Å²) in [5.41, 5.74) is 1.22. The van der Waals surface area contributed by atoms with Gasteiger partial charge in [-0.25, -0.2) is 4.39 Å². The summed E-state index contributed by atoms with van der Waals surface area (Å²) in [7, 11) is 0. The summed E-state index contributed by atoms with van der Waals surface area (Å²) in [6.07, 6.45) is 1.98. The highest BCUT2D eigenvalue weighted by Crippen LogP contribution is 2.27. The molecule has 1 atom stereocenters. The molecule has 19 heavy (non-hydrogen) atoms. The molecule has 3 rings (SSSR count). The lowest BCUT2D eigenvalue weighted by molar-refractivity contribution is 0.210. The van der Waals surface area contributed by atoms with Gasteiger partial charge in [0.05, 0.1) is 5.52 Å². The Labute approximate surface area is 109 Å². The molecule has 0 aliphatic carbocycles. The number of halogens is 1. The number of aliphatic hydroxyl groups excluding tert-OH is 1. The van der Waals surface area contributed by atoms with Crippen LogP contribution < -0.4 is 0 Å². The van der Waals surface area contributed by atoms with Crippen molar-refractivity contribution < 1.29 is 9.50 Å². The highest BCUT2D eigenvalue weighted by molar-refractivity contribution is 5.82. The van der Waals surface area contributed by atoms with E-state index in [1.807, 2.05) is 24.3 Å². The first-order valence-corrected chi connectivity index (χ1v) is 5.89. The van der Waals surface area contributed by atoms with Gasteiger partial charge in [0, 0.05) is 23.3 Å². The van der Waals surface area contributed by atoms with Gasteiger partial charge < -0.3 is 5.11 Å². The van der Waals surface area contributed by atoms with Gasteiger partial charge in [0.1, 0.15) is 17.6 Å². The van der Waals surface area contributed by atoms with Crippen LogP contribution in [0.5, 0.6) is 0 Å². The Morgan fingerprint density at radius 3 is 2.53 bits per heavy atom. The minimum absolute atomic E-state index is 0.0145. The van der Waals surface area contributed by atoms with Crippen LogP contribution in [0.1, 0.15) is 17.4 Å². The molecule has 1 N–H and O–H groups in total. The fourth-order valence-electron chi connectivity index (χ4n) is 2.09. The molecule has 0 fully saturated rings. The SMILES string of the molecule is OC(c1ncccc1F)c1cccc2cccnc12. The third kappa shape index (κ3) is 2.06. The minimum Gasteiger partial charge on any atom is -0.382 e. The van der Waals surface area contributed by atoms with Crippen LogP contribution in [0, 0.1) is 5.82 Å². The molecule has 0 saturated heterocycles. The van der Waals surface area contributed by atoms with E-state index in [4.69, 9.17) is 0 Å². The highest BCUT2D eigenvalue weighted by Gasteiger charge is 2.18. The first-order chi connectivity index (χ1) is 9.27. The first kappa shape index (κ1) is 11.7. The van der Waals surface area contributed by atoms with Crippen molar-refractivity contribution in [3.05, 3.63) is 71.9 Å². The third-order valence-electron chi connectivity index (χ3n) is 3.00. The maximum Gasteiger partial charge on any atom is 0.147 e. The summed E-state index contributed by atoms with van der Waals surface area (Å²) in [5.74, 6) is -0.525. The number of aliphatic hydroxyl groups is 1. The number of benzene rings is 1. The zero-order valence-electron chi connectivity index (χ0n) is 9.99. The molecule has 0 aliphatic heterocycles. The second kappa shape index (κ2) is 4.74. The number of nitrogens with zero attached hydrogens (tertiary/aromatic N) is 2. The van der Waals surface area contributed by atoms with Crippen LogP contribution in [0.15, 0.2) is 54.9 Å². The fourth-order valence-corrected chi connectivity index (χ4v) is 2.09. The highest BCUT2D eigenvalue weighted by atomic mass is 19.1. The molecule has 2 heterocycles. The van der Waals surface area contributed by atoms with Crippen LogP contribution in [0.2, 0.25) is 0 Å². The van der Waals surface area contributed by atoms with Crippen molar-refractivity contribution in [2.45, 2.75) is 6.10 Å². The smallest absolute Gasteiger partial charge is 0.147 e. The van der Waals surface area contributed by atoms with Crippen molar-refractivity contribution in [1.29, 1.82) is 0 Å². The Bertz CT molecular complexity index is 725. The molecule has 4 heteroatoms. The van der Waals surface area contributed by atoms with E-state index >= 15 is 0 Å². The summed E-state index contributed by atoms with van der Waals surface area (Å²) < 4.78 is 13.7. The van der Waals surface area contributed by atoms with Gasteiger partial charge in [-0.2, -0.15) is 0 Å². The molecule has 0 spiro atoms. The molecule has 0 saturated carbocycles. The quantitative estimate of drug-likeness (QED) is 0.764. The van der Waals surface area contributed by atoms with Gasteiger partial charge in [0.25, 0.3) is 0 Å². The second-order valence-electron chi connectivity index (χ2n) is 4.20. The molecule has 0 bridgehead atoms. The third-order valence-corrected chi connectivity index (χ3v) is 3.00.